The molecule has 1 aliphatic rings. The molecule has 0 spiro atoms. The minimum absolute atomic E-state index is 0.300. The lowest BCUT2D eigenvalue weighted by Crippen LogP contribution is -2.21. The van der Waals surface area contributed by atoms with Gasteiger partial charge in [-0.15, -0.1) is 0 Å². The Kier molecular flexibility index (Phi) is 3.57. The minimum atomic E-state index is -0.300. The van der Waals surface area contributed by atoms with Crippen molar-refractivity contribution < 1.29 is 14.3 Å². The standard InChI is InChI=1S/C13H16O3/c1-15-13(14)11-7-5-10(6-8-11)9-16-12-3-2-4-12/h5-8,12H,2-4,9H2,1H3. The van der Waals surface area contributed by atoms with E-state index < -0.39 is 0 Å². The maximum absolute atomic E-state index is 11.2. The summed E-state index contributed by atoms with van der Waals surface area (Å²) in [6, 6.07) is 7.35. The van der Waals surface area contributed by atoms with E-state index in [1.807, 2.05) is 12.1 Å². The van der Waals surface area contributed by atoms with Gasteiger partial charge in [-0.1, -0.05) is 12.1 Å². The summed E-state index contributed by atoms with van der Waals surface area (Å²) >= 11 is 0. The zero-order valence-corrected chi connectivity index (χ0v) is 9.44. The van der Waals surface area contributed by atoms with Gasteiger partial charge < -0.3 is 9.47 Å². The molecular formula is C13H16O3. The minimum Gasteiger partial charge on any atom is -0.465 e. The topological polar surface area (TPSA) is 35.5 Å². The van der Waals surface area contributed by atoms with Crippen LogP contribution in [0.5, 0.6) is 0 Å². The molecule has 0 unspecified atom stereocenters. The number of methoxy groups -OCH3 is 1. The molecule has 3 nitrogen and oxygen atoms in total. The van der Waals surface area contributed by atoms with Gasteiger partial charge in [0, 0.05) is 0 Å². The molecule has 0 bridgehead atoms. The van der Waals surface area contributed by atoms with Gasteiger partial charge in [0.15, 0.2) is 0 Å². The van der Waals surface area contributed by atoms with Crippen LogP contribution < -0.4 is 0 Å². The van der Waals surface area contributed by atoms with E-state index in [0.717, 1.165) is 5.56 Å². The van der Waals surface area contributed by atoms with Crippen molar-refractivity contribution in [1.82, 2.24) is 0 Å². The molecule has 0 saturated heterocycles. The molecule has 0 aliphatic heterocycles. The van der Waals surface area contributed by atoms with Crippen LogP contribution in [0.4, 0.5) is 0 Å². The van der Waals surface area contributed by atoms with Crippen LogP contribution in [0.1, 0.15) is 35.2 Å². The number of carbonyl (C=O) groups is 1. The van der Waals surface area contributed by atoms with E-state index in [1.54, 1.807) is 12.1 Å². The molecule has 0 amide bonds. The highest BCUT2D eigenvalue weighted by Crippen LogP contribution is 2.23. The molecule has 1 aromatic rings. The Bertz CT molecular complexity index is 352. The zero-order chi connectivity index (χ0) is 11.4. The van der Waals surface area contributed by atoms with Crippen molar-refractivity contribution in [3.63, 3.8) is 0 Å². The fourth-order valence-electron chi connectivity index (χ4n) is 1.61. The highest BCUT2D eigenvalue weighted by Gasteiger charge is 2.17. The molecule has 1 aromatic carbocycles. The first-order valence-corrected chi connectivity index (χ1v) is 5.58. The summed E-state index contributed by atoms with van der Waals surface area (Å²) in [7, 11) is 1.38. The van der Waals surface area contributed by atoms with Gasteiger partial charge in [-0.25, -0.2) is 4.79 Å². The van der Waals surface area contributed by atoms with Gasteiger partial charge in [-0.05, 0) is 37.0 Å². The summed E-state index contributed by atoms with van der Waals surface area (Å²) in [5.74, 6) is -0.300. The lowest BCUT2D eigenvalue weighted by Gasteiger charge is -2.25. The van der Waals surface area contributed by atoms with Crippen molar-refractivity contribution in [3.05, 3.63) is 35.4 Å². The normalized spacial score (nSPS) is 15.6. The molecule has 16 heavy (non-hydrogen) atoms. The largest absolute Gasteiger partial charge is 0.465 e. The van der Waals surface area contributed by atoms with Crippen LogP contribution in [-0.4, -0.2) is 19.2 Å². The molecule has 86 valence electrons. The molecular weight excluding hydrogens is 204 g/mol. The van der Waals surface area contributed by atoms with Crippen molar-refractivity contribution in [3.8, 4) is 0 Å². The molecule has 0 radical (unpaired) electrons. The summed E-state index contributed by atoms with van der Waals surface area (Å²) in [4.78, 5) is 11.2. The second kappa shape index (κ2) is 5.12. The van der Waals surface area contributed by atoms with Crippen LogP contribution in [-0.2, 0) is 16.1 Å². The molecule has 3 heteroatoms. The Hall–Kier alpha value is -1.35. The Morgan fingerprint density at radius 2 is 2.00 bits per heavy atom. The van der Waals surface area contributed by atoms with Crippen LogP contribution in [0, 0.1) is 0 Å². The fraction of sp³-hybridized carbons (Fsp3) is 0.462. The van der Waals surface area contributed by atoms with Crippen LogP contribution in [0.3, 0.4) is 0 Å². The molecule has 0 N–H and O–H groups in total. The molecule has 1 fully saturated rings. The monoisotopic (exact) mass is 220 g/mol. The molecule has 0 heterocycles. The van der Waals surface area contributed by atoms with E-state index >= 15 is 0 Å². The van der Waals surface area contributed by atoms with Gasteiger partial charge in [0.1, 0.15) is 0 Å². The Labute approximate surface area is 95.4 Å². The maximum atomic E-state index is 11.2. The SMILES string of the molecule is COC(=O)c1ccc(COC2CCC2)cc1. The van der Waals surface area contributed by atoms with Crippen LogP contribution in [0.2, 0.25) is 0 Å². The number of hydrogen-bond acceptors (Lipinski definition) is 3. The average Bonchev–Trinajstić information content (AvgIpc) is 2.27. The first kappa shape index (κ1) is 11.1. The second-order valence-corrected chi connectivity index (χ2v) is 4.05. The van der Waals surface area contributed by atoms with E-state index in [0.29, 0.717) is 18.3 Å². The van der Waals surface area contributed by atoms with Crippen LogP contribution in [0.25, 0.3) is 0 Å². The average molecular weight is 220 g/mol. The lowest BCUT2D eigenvalue weighted by atomic mass is 9.96. The summed E-state index contributed by atoms with van der Waals surface area (Å²) in [5.41, 5.74) is 1.68. The smallest absolute Gasteiger partial charge is 0.337 e. The third kappa shape index (κ3) is 2.61. The maximum Gasteiger partial charge on any atom is 0.337 e. The summed E-state index contributed by atoms with van der Waals surface area (Å²) in [5, 5.41) is 0. The van der Waals surface area contributed by atoms with E-state index in [1.165, 1.54) is 26.4 Å². The van der Waals surface area contributed by atoms with Crippen molar-refractivity contribution in [1.29, 1.82) is 0 Å². The molecule has 1 saturated carbocycles. The van der Waals surface area contributed by atoms with Gasteiger partial charge >= 0.3 is 5.97 Å². The first-order valence-electron chi connectivity index (χ1n) is 5.58. The van der Waals surface area contributed by atoms with Crippen molar-refractivity contribution in [2.24, 2.45) is 0 Å². The number of esters is 1. The highest BCUT2D eigenvalue weighted by atomic mass is 16.5. The quantitative estimate of drug-likeness (QED) is 0.731. The molecule has 2 rings (SSSR count). The summed E-state index contributed by atoms with van der Waals surface area (Å²) in [6.45, 7) is 0.631. The highest BCUT2D eigenvalue weighted by molar-refractivity contribution is 5.89. The van der Waals surface area contributed by atoms with E-state index in [2.05, 4.69) is 4.74 Å². The molecule has 0 aromatic heterocycles. The predicted octanol–water partition coefficient (Wildman–Crippen LogP) is 2.54. The summed E-state index contributed by atoms with van der Waals surface area (Å²) in [6.07, 6.45) is 4.09. The third-order valence-electron chi connectivity index (χ3n) is 2.91. The van der Waals surface area contributed by atoms with Gasteiger partial charge in [-0.2, -0.15) is 0 Å². The van der Waals surface area contributed by atoms with Gasteiger partial charge in [-0.3, -0.25) is 0 Å². The van der Waals surface area contributed by atoms with Crippen LogP contribution in [0.15, 0.2) is 24.3 Å². The number of carbonyl (C=O) groups excluding carboxylic acids is 1. The number of ether oxygens (including phenoxy) is 2. The van der Waals surface area contributed by atoms with Crippen molar-refractivity contribution >= 4 is 5.97 Å². The Balaban J connectivity index is 1.88. The number of rotatable bonds is 4. The van der Waals surface area contributed by atoms with Crippen molar-refractivity contribution in [2.45, 2.75) is 32.0 Å². The van der Waals surface area contributed by atoms with E-state index in [4.69, 9.17) is 4.74 Å². The Morgan fingerprint density at radius 1 is 1.31 bits per heavy atom. The molecule has 0 atom stereocenters. The van der Waals surface area contributed by atoms with E-state index in [9.17, 15) is 4.79 Å². The number of benzene rings is 1. The zero-order valence-electron chi connectivity index (χ0n) is 9.44. The second-order valence-electron chi connectivity index (χ2n) is 4.05. The van der Waals surface area contributed by atoms with E-state index in [-0.39, 0.29) is 5.97 Å². The summed E-state index contributed by atoms with van der Waals surface area (Å²) < 4.78 is 10.3. The third-order valence-corrected chi connectivity index (χ3v) is 2.91. The van der Waals surface area contributed by atoms with Crippen molar-refractivity contribution in [2.75, 3.05) is 7.11 Å². The first-order chi connectivity index (χ1) is 7.79. The van der Waals surface area contributed by atoms with Gasteiger partial charge in [0.05, 0.1) is 25.4 Å². The Morgan fingerprint density at radius 3 is 2.50 bits per heavy atom. The number of hydrogen-bond donors (Lipinski definition) is 0. The van der Waals surface area contributed by atoms with Crippen LogP contribution >= 0.6 is 0 Å². The predicted molar refractivity (Wildman–Crippen MR) is 60.2 cm³/mol. The van der Waals surface area contributed by atoms with Gasteiger partial charge in [0.2, 0.25) is 0 Å². The van der Waals surface area contributed by atoms with Gasteiger partial charge in [0.25, 0.3) is 0 Å². The fourth-order valence-corrected chi connectivity index (χ4v) is 1.61. The molecule has 1 aliphatic carbocycles. The lowest BCUT2D eigenvalue weighted by molar-refractivity contribution is -0.00867.